The lowest BCUT2D eigenvalue weighted by atomic mass is 10.0. The first kappa shape index (κ1) is 24.5. The second-order valence-corrected chi connectivity index (χ2v) is 8.30. The number of rotatable bonds is 7. The number of anilines is 1. The van der Waals surface area contributed by atoms with E-state index in [2.05, 4.69) is 15.3 Å². The summed E-state index contributed by atoms with van der Waals surface area (Å²) in [6.45, 7) is 5.57. The fraction of sp³-hybridized carbons (Fsp3) is 0.435. The molecule has 0 unspecified atom stereocenters. The molecule has 1 saturated heterocycles. The van der Waals surface area contributed by atoms with Gasteiger partial charge in [-0.1, -0.05) is 13.8 Å². The van der Waals surface area contributed by atoms with Gasteiger partial charge in [0.15, 0.2) is 0 Å². The number of alkyl halides is 3. The van der Waals surface area contributed by atoms with Gasteiger partial charge in [-0.05, 0) is 30.9 Å². The lowest BCUT2D eigenvalue weighted by molar-refractivity contribution is -0.137. The van der Waals surface area contributed by atoms with Crippen LogP contribution < -0.4 is 16.6 Å². The molecule has 1 fully saturated rings. The molecule has 0 aliphatic carbocycles. The molecule has 7 nitrogen and oxygen atoms in total. The van der Waals surface area contributed by atoms with Crippen LogP contribution in [0.25, 0.3) is 5.57 Å². The van der Waals surface area contributed by atoms with E-state index in [-0.39, 0.29) is 34.5 Å². The standard InChI is InChI=1S/C23H28F3N5O2/c1-15(2)13-31-14-18(3-4-22(31)32)28-11-16(10-27)19-12-29-21(9-20(19)23(24,25)26)30-17-5-7-33-8-6-17/h3-4,9-12,14-15,17H,5-8,13,27H2,1-2H3,(H,29,30)/b16-10+,28-11?. The SMILES string of the molecule is CC(C)Cn1cc(N=C/C(=C\N)c2cnc(NC3CCOCC3)cc2C(F)(F)F)ccc1=O. The molecule has 0 aromatic carbocycles. The average Bonchev–Trinajstić information content (AvgIpc) is 2.76. The predicted molar refractivity (Wildman–Crippen MR) is 123 cm³/mol. The number of hydrogen-bond donors (Lipinski definition) is 2. The van der Waals surface area contributed by atoms with Crippen molar-refractivity contribution in [2.75, 3.05) is 18.5 Å². The molecule has 3 N–H and O–H groups in total. The molecule has 1 aliphatic rings. The van der Waals surface area contributed by atoms with Gasteiger partial charge in [0.1, 0.15) is 5.82 Å². The summed E-state index contributed by atoms with van der Waals surface area (Å²) >= 11 is 0. The van der Waals surface area contributed by atoms with Crippen LogP contribution in [0.4, 0.5) is 24.7 Å². The molecule has 10 heteroatoms. The molecular formula is C23H28F3N5O2. The Morgan fingerprint density at radius 3 is 2.73 bits per heavy atom. The molecule has 0 radical (unpaired) electrons. The summed E-state index contributed by atoms with van der Waals surface area (Å²) < 4.78 is 48.4. The minimum atomic E-state index is -4.61. The summed E-state index contributed by atoms with van der Waals surface area (Å²) in [5.74, 6) is 0.391. The second kappa shape index (κ2) is 10.7. The lowest BCUT2D eigenvalue weighted by Crippen LogP contribution is -2.28. The Kier molecular flexibility index (Phi) is 7.91. The number of nitrogens with one attached hydrogen (secondary N) is 1. The minimum absolute atomic E-state index is 0.00536. The van der Waals surface area contributed by atoms with Crippen LogP contribution in [-0.2, 0) is 17.5 Å². The molecule has 3 rings (SSSR count). The Morgan fingerprint density at radius 1 is 1.36 bits per heavy atom. The fourth-order valence-electron chi connectivity index (χ4n) is 3.53. The van der Waals surface area contributed by atoms with Gasteiger partial charge >= 0.3 is 6.18 Å². The maximum absolute atomic E-state index is 13.9. The van der Waals surface area contributed by atoms with Gasteiger partial charge in [0.05, 0.1) is 11.3 Å². The number of hydrogen-bond acceptors (Lipinski definition) is 6. The van der Waals surface area contributed by atoms with Crippen molar-refractivity contribution in [3.05, 3.63) is 58.3 Å². The van der Waals surface area contributed by atoms with E-state index >= 15 is 0 Å². The highest BCUT2D eigenvalue weighted by molar-refractivity contribution is 6.11. The third kappa shape index (κ3) is 6.67. The number of allylic oxidation sites excluding steroid dienone is 1. The monoisotopic (exact) mass is 463 g/mol. The topological polar surface area (TPSA) is 94.5 Å². The zero-order valence-corrected chi connectivity index (χ0v) is 18.6. The first-order valence-electron chi connectivity index (χ1n) is 10.8. The first-order valence-corrected chi connectivity index (χ1v) is 10.8. The van der Waals surface area contributed by atoms with E-state index in [9.17, 15) is 18.0 Å². The largest absolute Gasteiger partial charge is 0.417 e. The number of aliphatic imine (C=N–C) groups is 1. The second-order valence-electron chi connectivity index (χ2n) is 8.30. The van der Waals surface area contributed by atoms with Crippen molar-refractivity contribution in [1.29, 1.82) is 0 Å². The third-order valence-corrected chi connectivity index (χ3v) is 5.16. The number of nitrogens with two attached hydrogens (primary N) is 1. The molecule has 1 aliphatic heterocycles. The summed E-state index contributed by atoms with van der Waals surface area (Å²) in [5, 5.41) is 3.05. The van der Waals surface area contributed by atoms with Crippen molar-refractivity contribution >= 4 is 23.3 Å². The summed E-state index contributed by atoms with van der Waals surface area (Å²) in [7, 11) is 0. The van der Waals surface area contributed by atoms with Crippen molar-refractivity contribution in [3.63, 3.8) is 0 Å². The van der Waals surface area contributed by atoms with Gasteiger partial charge in [-0.3, -0.25) is 9.79 Å². The molecule has 2 aromatic rings. The Bertz CT molecular complexity index is 1070. The maximum atomic E-state index is 13.9. The molecule has 0 bridgehead atoms. The highest BCUT2D eigenvalue weighted by atomic mass is 19.4. The number of nitrogens with zero attached hydrogens (tertiary/aromatic N) is 3. The molecule has 33 heavy (non-hydrogen) atoms. The molecule has 2 aromatic heterocycles. The Morgan fingerprint density at radius 2 is 2.09 bits per heavy atom. The fourth-order valence-corrected chi connectivity index (χ4v) is 3.53. The Hall–Kier alpha value is -3.14. The van der Waals surface area contributed by atoms with E-state index in [1.807, 2.05) is 13.8 Å². The highest BCUT2D eigenvalue weighted by Crippen LogP contribution is 2.36. The van der Waals surface area contributed by atoms with Crippen LogP contribution in [0.15, 0.2) is 46.6 Å². The predicted octanol–water partition coefficient (Wildman–Crippen LogP) is 4.21. The van der Waals surface area contributed by atoms with Crippen LogP contribution in [-0.4, -0.2) is 35.0 Å². The zero-order valence-electron chi connectivity index (χ0n) is 18.6. The van der Waals surface area contributed by atoms with Gasteiger partial charge in [-0.25, -0.2) is 4.98 Å². The summed E-state index contributed by atoms with van der Waals surface area (Å²) in [6.07, 6.45) is 1.81. The van der Waals surface area contributed by atoms with Crippen LogP contribution in [0.3, 0.4) is 0 Å². The summed E-state index contributed by atoms with van der Waals surface area (Å²) in [6, 6.07) is 3.88. The van der Waals surface area contributed by atoms with Gasteiger partial charge in [-0.15, -0.1) is 0 Å². The number of pyridine rings is 2. The van der Waals surface area contributed by atoms with E-state index in [1.165, 1.54) is 22.9 Å². The molecule has 178 valence electrons. The normalized spacial score (nSPS) is 16.0. The number of ether oxygens (including phenoxy) is 1. The quantitative estimate of drug-likeness (QED) is 0.600. The lowest BCUT2D eigenvalue weighted by Gasteiger charge is -2.24. The van der Waals surface area contributed by atoms with Gasteiger partial charge in [-0.2, -0.15) is 13.2 Å². The molecular weight excluding hydrogens is 435 g/mol. The van der Waals surface area contributed by atoms with Gasteiger partial charge in [0.2, 0.25) is 0 Å². The number of aromatic nitrogens is 2. The molecule has 0 atom stereocenters. The van der Waals surface area contributed by atoms with Crippen molar-refractivity contribution < 1.29 is 17.9 Å². The summed E-state index contributed by atoms with van der Waals surface area (Å²) in [5.41, 5.74) is 4.93. The van der Waals surface area contributed by atoms with Gasteiger partial charge in [0.25, 0.3) is 5.56 Å². The van der Waals surface area contributed by atoms with E-state index in [4.69, 9.17) is 10.5 Å². The van der Waals surface area contributed by atoms with Crippen molar-refractivity contribution in [1.82, 2.24) is 9.55 Å². The van der Waals surface area contributed by atoms with E-state index < -0.39 is 11.7 Å². The van der Waals surface area contributed by atoms with Crippen LogP contribution in [0.5, 0.6) is 0 Å². The first-order chi connectivity index (χ1) is 15.7. The zero-order chi connectivity index (χ0) is 24.0. The maximum Gasteiger partial charge on any atom is 0.417 e. The molecule has 0 spiro atoms. The van der Waals surface area contributed by atoms with Crippen molar-refractivity contribution in [2.45, 2.75) is 45.5 Å². The van der Waals surface area contributed by atoms with Gasteiger partial charge in [0, 0.05) is 67.8 Å². The van der Waals surface area contributed by atoms with Crippen LogP contribution in [0.1, 0.15) is 37.8 Å². The average molecular weight is 464 g/mol. The smallest absolute Gasteiger partial charge is 0.404 e. The number of halogens is 3. The van der Waals surface area contributed by atoms with Crippen LogP contribution in [0, 0.1) is 5.92 Å². The Balaban J connectivity index is 1.89. The Labute approximate surface area is 190 Å². The minimum Gasteiger partial charge on any atom is -0.404 e. The van der Waals surface area contributed by atoms with E-state index in [0.29, 0.717) is 38.3 Å². The van der Waals surface area contributed by atoms with Crippen LogP contribution in [0.2, 0.25) is 0 Å². The molecule has 0 saturated carbocycles. The summed E-state index contributed by atoms with van der Waals surface area (Å²) in [4.78, 5) is 20.4. The highest BCUT2D eigenvalue weighted by Gasteiger charge is 2.35. The van der Waals surface area contributed by atoms with Gasteiger partial charge < -0.3 is 20.4 Å². The van der Waals surface area contributed by atoms with Crippen LogP contribution >= 0.6 is 0 Å². The molecule has 0 amide bonds. The third-order valence-electron chi connectivity index (χ3n) is 5.16. The van der Waals surface area contributed by atoms with E-state index in [0.717, 1.165) is 18.5 Å². The van der Waals surface area contributed by atoms with Crippen molar-refractivity contribution in [2.24, 2.45) is 16.6 Å². The van der Waals surface area contributed by atoms with Crippen molar-refractivity contribution in [3.8, 4) is 0 Å². The van der Waals surface area contributed by atoms with E-state index in [1.54, 1.807) is 6.20 Å². The molecule has 3 heterocycles.